The Labute approximate surface area is 107 Å². The molecule has 2 rings (SSSR count). The van der Waals surface area contributed by atoms with E-state index in [-0.39, 0.29) is 11.7 Å². The molecule has 1 amide bonds. The number of hydrogen-bond donors (Lipinski definition) is 2. The number of hydrogen-bond acceptors (Lipinski definition) is 4. The molecule has 6 nitrogen and oxygen atoms in total. The fraction of sp³-hybridized carbons (Fsp3) is 0.182. The van der Waals surface area contributed by atoms with Crippen molar-refractivity contribution in [1.29, 1.82) is 0 Å². The third-order valence-electron chi connectivity index (χ3n) is 2.15. The van der Waals surface area contributed by atoms with Crippen LogP contribution in [0.1, 0.15) is 0 Å². The zero-order valence-corrected chi connectivity index (χ0v) is 10.5. The van der Waals surface area contributed by atoms with Gasteiger partial charge in [0, 0.05) is 5.69 Å². The van der Waals surface area contributed by atoms with E-state index in [1.807, 2.05) is 18.2 Å². The van der Waals surface area contributed by atoms with E-state index in [0.29, 0.717) is 5.03 Å². The van der Waals surface area contributed by atoms with Crippen molar-refractivity contribution < 1.29 is 14.0 Å². The smallest absolute Gasteiger partial charge is 0.325 e. The predicted octanol–water partition coefficient (Wildman–Crippen LogP) is 0.523. The normalized spacial score (nSPS) is 10.3. The van der Waals surface area contributed by atoms with Crippen LogP contribution in [0, 0.1) is 0 Å². The molecule has 1 aromatic heterocycles. The molecule has 0 fully saturated rings. The molecule has 0 unspecified atom stereocenters. The van der Waals surface area contributed by atoms with Crippen molar-refractivity contribution >= 4 is 23.4 Å². The molecule has 94 valence electrons. The lowest BCUT2D eigenvalue weighted by Crippen LogP contribution is -2.34. The van der Waals surface area contributed by atoms with E-state index in [2.05, 4.69) is 15.1 Å². The number of H-pyrrole nitrogens is 1. The lowest BCUT2D eigenvalue weighted by Gasteiger charge is -2.02. The summed E-state index contributed by atoms with van der Waals surface area (Å²) in [6.45, 7) is 0. The number of rotatable bonds is 4. The third kappa shape index (κ3) is 3.01. The van der Waals surface area contributed by atoms with Gasteiger partial charge in [-0.1, -0.05) is 22.9 Å². The lowest BCUT2D eigenvalue weighted by atomic mass is 10.3. The molecule has 0 saturated carbocycles. The highest BCUT2D eigenvalue weighted by atomic mass is 32.2. The molecule has 0 atom stereocenters. The van der Waals surface area contributed by atoms with Crippen LogP contribution in [0.3, 0.4) is 0 Å². The summed E-state index contributed by atoms with van der Waals surface area (Å²) in [7, 11) is 1.64. The first-order chi connectivity index (χ1) is 8.66. The molecule has 0 bridgehead atoms. The Balaban J connectivity index is 1.92. The zero-order chi connectivity index (χ0) is 13.0. The average Bonchev–Trinajstić information content (AvgIpc) is 2.68. The van der Waals surface area contributed by atoms with Crippen LogP contribution in [-0.2, 0) is 11.8 Å². The average molecular weight is 266 g/mol. The Hall–Kier alpha value is -2.02. The fourth-order valence-corrected chi connectivity index (χ4v) is 2.07. The molecule has 0 aliphatic carbocycles. The molecule has 0 aliphatic rings. The summed E-state index contributed by atoms with van der Waals surface area (Å²) in [6, 6.07) is 9.14. The topological polar surface area (TPSA) is 79.0 Å². The number of para-hydroxylation sites is 1. The quantitative estimate of drug-likeness (QED) is 0.625. The Morgan fingerprint density at radius 1 is 1.44 bits per heavy atom. The summed E-state index contributed by atoms with van der Waals surface area (Å²) in [6.07, 6.45) is 0. The highest BCUT2D eigenvalue weighted by Gasteiger charge is 2.19. The molecular weight excluding hydrogens is 254 g/mol. The maximum atomic E-state index is 11.6. The van der Waals surface area contributed by atoms with Crippen molar-refractivity contribution in [3.05, 3.63) is 40.8 Å². The maximum absolute atomic E-state index is 11.6. The molecule has 1 aromatic carbocycles. The molecule has 7 heteroatoms. The molecule has 0 aliphatic heterocycles. The van der Waals surface area contributed by atoms with E-state index in [0.717, 1.165) is 17.4 Å². The van der Waals surface area contributed by atoms with Gasteiger partial charge in [0.25, 0.3) is 0 Å². The van der Waals surface area contributed by atoms with Crippen molar-refractivity contribution in [1.82, 2.24) is 5.27 Å². The van der Waals surface area contributed by atoms with Gasteiger partial charge in [-0.05, 0) is 29.2 Å². The number of carbonyl (C=O) groups is 1. The Morgan fingerprint density at radius 3 is 2.78 bits per heavy atom. The van der Waals surface area contributed by atoms with Crippen LogP contribution in [0.5, 0.6) is 0 Å². The Kier molecular flexibility index (Phi) is 3.83. The second kappa shape index (κ2) is 5.54. The number of aromatic nitrogens is 2. The minimum atomic E-state index is -0.477. The van der Waals surface area contributed by atoms with E-state index in [1.165, 1.54) is 4.68 Å². The second-order valence-corrected chi connectivity index (χ2v) is 4.51. The van der Waals surface area contributed by atoms with Crippen LogP contribution in [0.15, 0.2) is 44.7 Å². The summed E-state index contributed by atoms with van der Waals surface area (Å²) in [5.74, 6) is -0.0301. The van der Waals surface area contributed by atoms with Gasteiger partial charge in [0.1, 0.15) is 0 Å². The number of thioether (sulfide) groups is 1. The molecule has 0 spiro atoms. The van der Waals surface area contributed by atoms with Crippen LogP contribution in [-0.4, -0.2) is 16.9 Å². The van der Waals surface area contributed by atoms with Gasteiger partial charge in [0.15, 0.2) is 7.05 Å². The van der Waals surface area contributed by atoms with Gasteiger partial charge in [-0.3, -0.25) is 9.32 Å². The first-order valence-electron chi connectivity index (χ1n) is 5.22. The van der Waals surface area contributed by atoms with E-state index < -0.39 is 5.63 Å². The van der Waals surface area contributed by atoms with Crippen molar-refractivity contribution in [3.8, 4) is 0 Å². The third-order valence-corrected chi connectivity index (χ3v) is 3.27. The predicted molar refractivity (Wildman–Crippen MR) is 66.3 cm³/mol. The van der Waals surface area contributed by atoms with Gasteiger partial charge in [0.2, 0.25) is 5.91 Å². The number of benzene rings is 1. The second-order valence-electron chi connectivity index (χ2n) is 3.55. The maximum Gasteiger partial charge on any atom is 0.441 e. The van der Waals surface area contributed by atoms with Gasteiger partial charge in [-0.15, -0.1) is 0 Å². The van der Waals surface area contributed by atoms with Crippen molar-refractivity contribution in [2.45, 2.75) is 5.03 Å². The lowest BCUT2D eigenvalue weighted by molar-refractivity contribution is -0.772. The molecule has 0 radical (unpaired) electrons. The zero-order valence-electron chi connectivity index (χ0n) is 9.67. The molecule has 2 N–H and O–H groups in total. The number of anilines is 1. The minimum absolute atomic E-state index is 0.144. The first kappa shape index (κ1) is 12.4. The van der Waals surface area contributed by atoms with Crippen LogP contribution in [0.25, 0.3) is 0 Å². The molecular formula is C11H12N3O3S+. The molecule has 18 heavy (non-hydrogen) atoms. The SMILES string of the molecule is C[n+]1[nH]oc(=O)c1SCC(=O)Nc1ccccc1. The number of amides is 1. The van der Waals surface area contributed by atoms with Crippen molar-refractivity contribution in [2.75, 3.05) is 11.1 Å². The first-order valence-corrected chi connectivity index (χ1v) is 6.20. The minimum Gasteiger partial charge on any atom is -0.325 e. The van der Waals surface area contributed by atoms with Crippen molar-refractivity contribution in [3.63, 3.8) is 0 Å². The summed E-state index contributed by atoms with van der Waals surface area (Å²) < 4.78 is 6.01. The van der Waals surface area contributed by atoms with Gasteiger partial charge >= 0.3 is 10.7 Å². The van der Waals surface area contributed by atoms with Crippen LogP contribution in [0.4, 0.5) is 5.69 Å². The van der Waals surface area contributed by atoms with E-state index in [1.54, 1.807) is 19.2 Å². The fourth-order valence-electron chi connectivity index (χ4n) is 1.34. The van der Waals surface area contributed by atoms with Gasteiger partial charge in [0.05, 0.1) is 5.75 Å². The van der Waals surface area contributed by atoms with Gasteiger partial charge < -0.3 is 5.32 Å². The molecule has 0 saturated heterocycles. The summed E-state index contributed by atoms with van der Waals surface area (Å²) >= 11 is 1.12. The molecule has 1 heterocycles. The molecule has 2 aromatic rings. The standard InChI is InChI=1S/C11H11N3O3S/c1-14-10(11(16)17-13-14)18-7-9(15)12-8-5-3-2-4-6-8/h2-6H,7H2,1H3,(H-,12,13,15,16)/p+1. The number of aryl methyl sites for hydroxylation is 1. The van der Waals surface area contributed by atoms with E-state index >= 15 is 0 Å². The van der Waals surface area contributed by atoms with E-state index in [9.17, 15) is 9.59 Å². The number of carbonyl (C=O) groups excluding carboxylic acids is 1. The van der Waals surface area contributed by atoms with Crippen molar-refractivity contribution in [2.24, 2.45) is 7.05 Å². The summed E-state index contributed by atoms with van der Waals surface area (Å²) in [4.78, 5) is 22.9. The number of aromatic amines is 1. The highest BCUT2D eigenvalue weighted by Crippen LogP contribution is 2.10. The Bertz CT molecular complexity index is 591. The Morgan fingerprint density at radius 2 is 2.17 bits per heavy atom. The summed E-state index contributed by atoms with van der Waals surface area (Å²) in [5.41, 5.74) is 0.253. The van der Waals surface area contributed by atoms with Gasteiger partial charge in [-0.2, -0.15) is 0 Å². The largest absolute Gasteiger partial charge is 0.441 e. The van der Waals surface area contributed by atoms with E-state index in [4.69, 9.17) is 0 Å². The van der Waals surface area contributed by atoms with Crippen LogP contribution >= 0.6 is 11.8 Å². The number of nitrogens with one attached hydrogen (secondary N) is 2. The van der Waals surface area contributed by atoms with Gasteiger partial charge in [-0.25, -0.2) is 4.79 Å². The van der Waals surface area contributed by atoms with Crippen LogP contribution < -0.4 is 15.6 Å². The summed E-state index contributed by atoms with van der Waals surface area (Å²) in [5, 5.41) is 5.48. The monoisotopic (exact) mass is 266 g/mol. The van der Waals surface area contributed by atoms with Crippen LogP contribution in [0.2, 0.25) is 0 Å². The number of nitrogens with zero attached hydrogens (tertiary/aromatic N) is 1. The highest BCUT2D eigenvalue weighted by molar-refractivity contribution is 7.99.